The number of pyridine rings is 1. The maximum absolute atomic E-state index is 13.6. The molecule has 2 aromatic carbocycles. The minimum Gasteiger partial charge on any atom is -0.339 e. The summed E-state index contributed by atoms with van der Waals surface area (Å²) in [6.07, 6.45) is 2.80. The van der Waals surface area contributed by atoms with Gasteiger partial charge in [-0.3, -0.25) is 4.79 Å². The van der Waals surface area contributed by atoms with Crippen molar-refractivity contribution in [2.45, 2.75) is 0 Å². The van der Waals surface area contributed by atoms with Gasteiger partial charge in [-0.05, 0) is 30.3 Å². The van der Waals surface area contributed by atoms with E-state index in [0.29, 0.717) is 26.9 Å². The van der Waals surface area contributed by atoms with Gasteiger partial charge in [-0.2, -0.15) is 5.10 Å². The van der Waals surface area contributed by atoms with Crippen LogP contribution in [0.3, 0.4) is 0 Å². The van der Waals surface area contributed by atoms with E-state index in [0.717, 1.165) is 0 Å². The maximum atomic E-state index is 13.6. The van der Waals surface area contributed by atoms with Gasteiger partial charge in [-0.15, -0.1) is 0 Å². The van der Waals surface area contributed by atoms with Crippen LogP contribution in [0.25, 0.3) is 27.8 Å². The first-order chi connectivity index (χ1) is 12.0. The molecule has 0 saturated carbocycles. The molecule has 0 amide bonds. The number of aromatic nitrogens is 4. The van der Waals surface area contributed by atoms with E-state index < -0.39 is 5.82 Å². The first-order valence-electron chi connectivity index (χ1n) is 7.20. The minimum atomic E-state index is -0.500. The third-order valence-corrected chi connectivity index (χ3v) is 4.34. The third kappa shape index (κ3) is 2.69. The molecular weight excluding hydrogens is 366 g/mol. The van der Waals surface area contributed by atoms with Crippen LogP contribution in [0.1, 0.15) is 0 Å². The van der Waals surface area contributed by atoms with Gasteiger partial charge in [0.1, 0.15) is 24.3 Å². The Morgan fingerprint density at radius 3 is 2.68 bits per heavy atom. The molecule has 4 aromatic rings. The number of nitrogens with zero attached hydrogens (tertiary/aromatic N) is 3. The molecule has 124 valence electrons. The summed E-state index contributed by atoms with van der Waals surface area (Å²) in [6.45, 7) is 0. The molecule has 0 bridgehead atoms. The molecule has 1 N–H and O–H groups in total. The average molecular weight is 375 g/mol. The number of benzene rings is 2. The SMILES string of the molecule is O=c1c(-c2ccc(Cl)cc2Cl)c(-n2cncn2)[nH]c2ccc(F)cc12. The predicted molar refractivity (Wildman–Crippen MR) is 94.9 cm³/mol. The zero-order valence-electron chi connectivity index (χ0n) is 12.5. The zero-order valence-corrected chi connectivity index (χ0v) is 14.0. The summed E-state index contributed by atoms with van der Waals surface area (Å²) in [5.41, 5.74) is 0.822. The molecule has 0 aliphatic carbocycles. The smallest absolute Gasteiger partial charge is 0.199 e. The summed E-state index contributed by atoms with van der Waals surface area (Å²) in [4.78, 5) is 20.1. The van der Waals surface area contributed by atoms with Crippen molar-refractivity contribution in [3.05, 3.63) is 75.1 Å². The van der Waals surface area contributed by atoms with Crippen molar-refractivity contribution < 1.29 is 4.39 Å². The molecule has 0 aliphatic rings. The summed E-state index contributed by atoms with van der Waals surface area (Å²) >= 11 is 12.2. The summed E-state index contributed by atoms with van der Waals surface area (Å²) < 4.78 is 15.1. The number of rotatable bonds is 2. The van der Waals surface area contributed by atoms with Crippen LogP contribution in [0.15, 0.2) is 53.8 Å². The van der Waals surface area contributed by atoms with E-state index in [1.807, 2.05) is 0 Å². The van der Waals surface area contributed by atoms with Gasteiger partial charge in [0.2, 0.25) is 0 Å². The van der Waals surface area contributed by atoms with Crippen molar-refractivity contribution >= 4 is 34.1 Å². The van der Waals surface area contributed by atoms with E-state index in [9.17, 15) is 9.18 Å². The average Bonchev–Trinajstić information content (AvgIpc) is 3.11. The van der Waals surface area contributed by atoms with E-state index in [4.69, 9.17) is 23.2 Å². The van der Waals surface area contributed by atoms with Gasteiger partial charge < -0.3 is 4.98 Å². The first-order valence-corrected chi connectivity index (χ1v) is 7.96. The molecule has 0 unspecified atom stereocenters. The van der Waals surface area contributed by atoms with Crippen molar-refractivity contribution in [2.75, 3.05) is 0 Å². The van der Waals surface area contributed by atoms with E-state index in [1.54, 1.807) is 18.2 Å². The Balaban J connectivity index is 2.15. The summed E-state index contributed by atoms with van der Waals surface area (Å²) in [6, 6.07) is 8.77. The Morgan fingerprint density at radius 2 is 1.96 bits per heavy atom. The monoisotopic (exact) mass is 374 g/mol. The highest BCUT2D eigenvalue weighted by molar-refractivity contribution is 6.36. The number of aromatic amines is 1. The fourth-order valence-electron chi connectivity index (χ4n) is 2.68. The molecule has 4 rings (SSSR count). The Hall–Kier alpha value is -2.70. The van der Waals surface area contributed by atoms with Gasteiger partial charge in [0.05, 0.1) is 16.1 Å². The van der Waals surface area contributed by atoms with Crippen LogP contribution in [0.4, 0.5) is 4.39 Å². The molecule has 0 radical (unpaired) electrons. The van der Waals surface area contributed by atoms with Crippen molar-refractivity contribution in [1.29, 1.82) is 0 Å². The maximum Gasteiger partial charge on any atom is 0.199 e. The topological polar surface area (TPSA) is 63.6 Å². The Morgan fingerprint density at radius 1 is 1.12 bits per heavy atom. The van der Waals surface area contributed by atoms with Crippen LogP contribution < -0.4 is 5.43 Å². The van der Waals surface area contributed by atoms with Crippen LogP contribution in [0.5, 0.6) is 0 Å². The number of fused-ring (bicyclic) bond motifs is 1. The molecule has 0 saturated heterocycles. The second kappa shape index (κ2) is 5.98. The first kappa shape index (κ1) is 15.8. The molecule has 8 heteroatoms. The van der Waals surface area contributed by atoms with E-state index in [2.05, 4.69) is 15.1 Å². The lowest BCUT2D eigenvalue weighted by molar-refractivity contribution is 0.629. The van der Waals surface area contributed by atoms with Gasteiger partial charge in [-0.1, -0.05) is 29.3 Å². The standard InChI is InChI=1S/C17H9Cl2FN4O/c18-9-1-3-11(13(19)5-9)15-16(25)12-6-10(20)2-4-14(12)23-17(15)24-8-21-7-22-24/h1-8H,(H,23,25). The second-order valence-electron chi connectivity index (χ2n) is 5.33. The molecule has 0 aliphatic heterocycles. The van der Waals surface area contributed by atoms with E-state index in [1.165, 1.54) is 35.5 Å². The van der Waals surface area contributed by atoms with Crippen LogP contribution in [-0.4, -0.2) is 19.7 Å². The zero-order chi connectivity index (χ0) is 17.6. The summed E-state index contributed by atoms with van der Waals surface area (Å²) in [7, 11) is 0. The lowest BCUT2D eigenvalue weighted by Gasteiger charge is -2.12. The van der Waals surface area contributed by atoms with Crippen molar-refractivity contribution in [3.63, 3.8) is 0 Å². The fourth-order valence-corrected chi connectivity index (χ4v) is 3.19. The van der Waals surface area contributed by atoms with Crippen LogP contribution in [-0.2, 0) is 0 Å². The molecule has 0 fully saturated rings. The number of nitrogens with one attached hydrogen (secondary N) is 1. The lowest BCUT2D eigenvalue weighted by Crippen LogP contribution is -2.14. The van der Waals surface area contributed by atoms with Gasteiger partial charge in [0.15, 0.2) is 5.43 Å². The fraction of sp³-hybridized carbons (Fsp3) is 0. The quantitative estimate of drug-likeness (QED) is 0.571. The van der Waals surface area contributed by atoms with Crippen LogP contribution in [0.2, 0.25) is 10.0 Å². The minimum absolute atomic E-state index is 0.213. The number of hydrogen-bond acceptors (Lipinski definition) is 3. The third-order valence-electron chi connectivity index (χ3n) is 3.79. The van der Waals surface area contributed by atoms with Crippen LogP contribution >= 0.6 is 23.2 Å². The van der Waals surface area contributed by atoms with Gasteiger partial charge in [0, 0.05) is 16.0 Å². The summed E-state index contributed by atoms with van der Waals surface area (Å²) in [5.74, 6) is -0.120. The molecule has 2 aromatic heterocycles. The van der Waals surface area contributed by atoms with E-state index >= 15 is 0 Å². The Kier molecular flexibility index (Phi) is 3.78. The Labute approximate surface area is 150 Å². The van der Waals surface area contributed by atoms with Crippen LogP contribution in [0, 0.1) is 5.82 Å². The Bertz CT molecular complexity index is 1160. The second-order valence-corrected chi connectivity index (χ2v) is 6.18. The largest absolute Gasteiger partial charge is 0.339 e. The predicted octanol–water partition coefficient (Wildman–Crippen LogP) is 4.22. The van der Waals surface area contributed by atoms with Gasteiger partial charge in [-0.25, -0.2) is 14.1 Å². The number of H-pyrrole nitrogens is 1. The number of halogens is 3. The van der Waals surface area contributed by atoms with Crippen molar-refractivity contribution in [2.24, 2.45) is 0 Å². The highest BCUT2D eigenvalue weighted by Crippen LogP contribution is 2.32. The van der Waals surface area contributed by atoms with Crippen molar-refractivity contribution in [1.82, 2.24) is 19.7 Å². The highest BCUT2D eigenvalue weighted by Gasteiger charge is 2.19. The van der Waals surface area contributed by atoms with Gasteiger partial charge >= 0.3 is 0 Å². The lowest BCUT2D eigenvalue weighted by atomic mass is 10.0. The molecule has 0 atom stereocenters. The van der Waals surface area contributed by atoms with Gasteiger partial charge in [0.25, 0.3) is 0 Å². The molecule has 5 nitrogen and oxygen atoms in total. The summed E-state index contributed by atoms with van der Waals surface area (Å²) in [5, 5.41) is 5.04. The van der Waals surface area contributed by atoms with E-state index in [-0.39, 0.29) is 16.4 Å². The highest BCUT2D eigenvalue weighted by atomic mass is 35.5. The molecule has 0 spiro atoms. The molecule has 25 heavy (non-hydrogen) atoms. The molecular formula is C17H9Cl2FN4O. The molecule has 2 heterocycles. The van der Waals surface area contributed by atoms with Crippen molar-refractivity contribution in [3.8, 4) is 16.9 Å². The number of hydrogen-bond donors (Lipinski definition) is 1. The normalized spacial score (nSPS) is 11.2.